The van der Waals surface area contributed by atoms with Crippen molar-refractivity contribution in [2.24, 2.45) is 0 Å². The van der Waals surface area contributed by atoms with E-state index in [1.807, 2.05) is 24.3 Å². The number of rotatable bonds is 3. The minimum atomic E-state index is -3.13. The molecule has 2 heterocycles. The highest BCUT2D eigenvalue weighted by atomic mass is 32.2. The van der Waals surface area contributed by atoms with Crippen LogP contribution in [0.2, 0.25) is 0 Å². The van der Waals surface area contributed by atoms with Crippen LogP contribution in [0.4, 0.5) is 4.79 Å². The third kappa shape index (κ3) is 2.97. The second-order valence-corrected chi connectivity index (χ2v) is 10.0. The van der Waals surface area contributed by atoms with E-state index in [0.29, 0.717) is 12.8 Å². The Bertz CT molecular complexity index is 960. The molecule has 9 heteroatoms. The fourth-order valence-electron chi connectivity index (χ4n) is 4.49. The molecule has 4 rings (SSSR count). The van der Waals surface area contributed by atoms with Gasteiger partial charge in [0.05, 0.1) is 11.5 Å². The van der Waals surface area contributed by atoms with Crippen LogP contribution < -0.4 is 5.32 Å². The van der Waals surface area contributed by atoms with Crippen molar-refractivity contribution in [3.05, 3.63) is 35.4 Å². The Balaban J connectivity index is 1.54. The molecule has 1 aromatic carbocycles. The molecule has 28 heavy (non-hydrogen) atoms. The number of hydrogen-bond donors (Lipinski definition) is 1. The van der Waals surface area contributed by atoms with Gasteiger partial charge in [-0.25, -0.2) is 13.2 Å². The summed E-state index contributed by atoms with van der Waals surface area (Å²) in [7, 11) is -1.61. The van der Waals surface area contributed by atoms with E-state index in [0.717, 1.165) is 28.9 Å². The van der Waals surface area contributed by atoms with Gasteiger partial charge in [0, 0.05) is 13.1 Å². The predicted octanol–water partition coefficient (Wildman–Crippen LogP) is 0.416. The van der Waals surface area contributed by atoms with Gasteiger partial charge in [-0.05, 0) is 36.8 Å². The first kappa shape index (κ1) is 18.9. The van der Waals surface area contributed by atoms with Gasteiger partial charge < -0.3 is 10.2 Å². The van der Waals surface area contributed by atoms with E-state index >= 15 is 0 Å². The smallest absolute Gasteiger partial charge is 0.325 e. The summed E-state index contributed by atoms with van der Waals surface area (Å²) in [5.41, 5.74) is 0.718. The molecule has 1 aromatic rings. The number of nitrogens with one attached hydrogen (secondary N) is 1. The first-order chi connectivity index (χ1) is 13.2. The maximum absolute atomic E-state index is 13.2. The molecule has 8 nitrogen and oxygen atoms in total. The van der Waals surface area contributed by atoms with Crippen molar-refractivity contribution in [3.63, 3.8) is 0 Å². The van der Waals surface area contributed by atoms with E-state index in [9.17, 15) is 22.8 Å². The van der Waals surface area contributed by atoms with E-state index in [1.54, 1.807) is 0 Å². The molecular formula is C19H23N3O5S. The lowest BCUT2D eigenvalue weighted by atomic mass is 9.76. The number of carbonyl (C=O) groups excluding carboxylic acids is 3. The van der Waals surface area contributed by atoms with Crippen molar-refractivity contribution in [1.82, 2.24) is 15.1 Å². The van der Waals surface area contributed by atoms with Gasteiger partial charge in [-0.3, -0.25) is 14.5 Å². The number of likely N-dealkylation sites (N-methyl/N-ethyl adjacent to an activating group) is 1. The topological polar surface area (TPSA) is 104 Å². The maximum atomic E-state index is 13.2. The van der Waals surface area contributed by atoms with Crippen LogP contribution in [0.1, 0.15) is 30.4 Å². The van der Waals surface area contributed by atoms with Crippen LogP contribution in [0.3, 0.4) is 0 Å². The van der Waals surface area contributed by atoms with E-state index in [2.05, 4.69) is 5.32 Å². The lowest BCUT2D eigenvalue weighted by Gasteiger charge is -2.33. The molecule has 2 atom stereocenters. The molecule has 0 bridgehead atoms. The van der Waals surface area contributed by atoms with Crippen molar-refractivity contribution >= 4 is 27.7 Å². The molecule has 2 fully saturated rings. The predicted molar refractivity (Wildman–Crippen MR) is 101 cm³/mol. The fraction of sp³-hybridized carbons (Fsp3) is 0.526. The number of fused-ring (bicyclic) bond motifs is 2. The number of urea groups is 1. The highest BCUT2D eigenvalue weighted by Crippen LogP contribution is 2.39. The SMILES string of the molecule is CN(C(=O)CN1C(=O)N[C@@]2(CCCc3ccccc32)C1=O)[C@H]1CCS(=O)(=O)C1. The summed E-state index contributed by atoms with van der Waals surface area (Å²) in [5.74, 6) is -0.873. The Hall–Kier alpha value is -2.42. The zero-order valence-electron chi connectivity index (χ0n) is 15.7. The second-order valence-electron chi connectivity index (χ2n) is 7.80. The van der Waals surface area contributed by atoms with Crippen molar-refractivity contribution in [2.75, 3.05) is 25.1 Å². The molecule has 1 N–H and O–H groups in total. The number of aryl methyl sites for hydroxylation is 1. The van der Waals surface area contributed by atoms with Gasteiger partial charge in [-0.1, -0.05) is 24.3 Å². The van der Waals surface area contributed by atoms with Crippen molar-refractivity contribution < 1.29 is 22.8 Å². The van der Waals surface area contributed by atoms with Crippen molar-refractivity contribution in [1.29, 1.82) is 0 Å². The molecule has 2 aliphatic heterocycles. The second kappa shape index (κ2) is 6.58. The van der Waals surface area contributed by atoms with Crippen LogP contribution in [0.15, 0.2) is 24.3 Å². The summed E-state index contributed by atoms with van der Waals surface area (Å²) in [4.78, 5) is 40.8. The molecule has 0 aromatic heterocycles. The lowest BCUT2D eigenvalue weighted by molar-refractivity contribution is -0.139. The molecule has 1 aliphatic carbocycles. The number of imide groups is 1. The third-order valence-electron chi connectivity index (χ3n) is 6.09. The molecular weight excluding hydrogens is 382 g/mol. The Morgan fingerprint density at radius 1 is 1.32 bits per heavy atom. The van der Waals surface area contributed by atoms with Gasteiger partial charge in [0.25, 0.3) is 5.91 Å². The zero-order valence-corrected chi connectivity index (χ0v) is 16.5. The largest absolute Gasteiger partial charge is 0.340 e. The number of sulfone groups is 1. The van der Waals surface area contributed by atoms with Gasteiger partial charge >= 0.3 is 6.03 Å². The Kier molecular flexibility index (Phi) is 4.45. The average molecular weight is 405 g/mol. The first-order valence-electron chi connectivity index (χ1n) is 9.42. The molecule has 2 saturated heterocycles. The zero-order chi connectivity index (χ0) is 20.1. The summed E-state index contributed by atoms with van der Waals surface area (Å²) in [6, 6.07) is 6.56. The lowest BCUT2D eigenvalue weighted by Crippen LogP contribution is -2.48. The van der Waals surface area contributed by atoms with Crippen LogP contribution in [-0.4, -0.2) is 67.2 Å². The minimum Gasteiger partial charge on any atom is -0.340 e. The summed E-state index contributed by atoms with van der Waals surface area (Å²) < 4.78 is 23.3. The van der Waals surface area contributed by atoms with E-state index in [-0.39, 0.29) is 18.1 Å². The van der Waals surface area contributed by atoms with Gasteiger partial charge in [0.2, 0.25) is 5.91 Å². The molecule has 0 radical (unpaired) electrons. The minimum absolute atomic E-state index is 0.0539. The number of benzene rings is 1. The number of hydrogen-bond acceptors (Lipinski definition) is 5. The third-order valence-corrected chi connectivity index (χ3v) is 7.84. The van der Waals surface area contributed by atoms with Crippen LogP contribution >= 0.6 is 0 Å². The Morgan fingerprint density at radius 2 is 2.07 bits per heavy atom. The highest BCUT2D eigenvalue weighted by Gasteiger charge is 2.54. The van der Waals surface area contributed by atoms with E-state index < -0.39 is 39.3 Å². The van der Waals surface area contributed by atoms with Crippen molar-refractivity contribution in [3.8, 4) is 0 Å². The van der Waals surface area contributed by atoms with E-state index in [4.69, 9.17) is 0 Å². The van der Waals surface area contributed by atoms with Crippen LogP contribution in [-0.2, 0) is 31.4 Å². The van der Waals surface area contributed by atoms with Crippen molar-refractivity contribution in [2.45, 2.75) is 37.3 Å². The Labute approximate surface area is 163 Å². The van der Waals surface area contributed by atoms with Gasteiger partial charge in [-0.2, -0.15) is 0 Å². The molecule has 0 saturated carbocycles. The molecule has 1 spiro atoms. The molecule has 150 valence electrons. The molecule has 0 unspecified atom stereocenters. The number of carbonyl (C=O) groups is 3. The molecule has 4 amide bonds. The first-order valence-corrected chi connectivity index (χ1v) is 11.2. The summed E-state index contributed by atoms with van der Waals surface area (Å²) in [6.07, 6.45) is 2.49. The summed E-state index contributed by atoms with van der Waals surface area (Å²) in [6.45, 7) is -0.387. The van der Waals surface area contributed by atoms with Crippen LogP contribution in [0.5, 0.6) is 0 Å². The quantitative estimate of drug-likeness (QED) is 0.734. The Morgan fingerprint density at radius 3 is 2.79 bits per heavy atom. The van der Waals surface area contributed by atoms with E-state index in [1.165, 1.54) is 11.9 Å². The molecule has 3 aliphatic rings. The monoisotopic (exact) mass is 405 g/mol. The van der Waals surface area contributed by atoms with Gasteiger partial charge in [0.1, 0.15) is 12.1 Å². The fourth-order valence-corrected chi connectivity index (χ4v) is 6.26. The maximum Gasteiger partial charge on any atom is 0.325 e. The number of nitrogens with zero attached hydrogens (tertiary/aromatic N) is 2. The van der Waals surface area contributed by atoms with Gasteiger partial charge in [-0.15, -0.1) is 0 Å². The average Bonchev–Trinajstić information content (AvgIpc) is 3.14. The standard InChI is InChI=1S/C19H23N3O5S/c1-21(14-8-10-28(26,27)12-14)16(23)11-22-17(24)19(20-18(22)25)9-4-6-13-5-2-3-7-15(13)19/h2-3,5,7,14H,4,6,8-12H2,1H3,(H,20,25)/t14-,19+/m0/s1. The van der Waals surface area contributed by atoms with Crippen LogP contribution in [0.25, 0.3) is 0 Å². The summed E-state index contributed by atoms with van der Waals surface area (Å²) in [5, 5.41) is 2.82. The highest BCUT2D eigenvalue weighted by molar-refractivity contribution is 7.91. The van der Waals surface area contributed by atoms with Gasteiger partial charge in [0.15, 0.2) is 9.84 Å². The number of amides is 4. The van der Waals surface area contributed by atoms with Crippen LogP contribution in [0, 0.1) is 0 Å². The summed E-state index contributed by atoms with van der Waals surface area (Å²) >= 11 is 0. The normalized spacial score (nSPS) is 28.3.